The van der Waals surface area contributed by atoms with E-state index in [9.17, 15) is 4.79 Å². The van der Waals surface area contributed by atoms with Crippen molar-refractivity contribution in [2.75, 3.05) is 26.7 Å². The van der Waals surface area contributed by atoms with E-state index >= 15 is 0 Å². The molecule has 6 nitrogen and oxygen atoms in total. The predicted molar refractivity (Wildman–Crippen MR) is 97.8 cm³/mol. The molecule has 0 radical (unpaired) electrons. The number of nitrogens with zero attached hydrogens (tertiary/aromatic N) is 5. The maximum atomic E-state index is 12.7. The molecule has 3 rings (SSSR count). The third-order valence-corrected chi connectivity index (χ3v) is 5.09. The van der Waals surface area contributed by atoms with Crippen LogP contribution in [0.25, 0.3) is 5.82 Å². The average Bonchev–Trinajstić information content (AvgIpc) is 3.16. The number of piperidine rings is 1. The minimum atomic E-state index is 0.0837. The Morgan fingerprint density at radius 1 is 1.32 bits per heavy atom. The number of likely N-dealkylation sites (tertiary alicyclic amines) is 1. The fraction of sp³-hybridized carbons (Fsp3) is 0.526. The second kappa shape index (κ2) is 7.78. The van der Waals surface area contributed by atoms with Crippen LogP contribution in [0.5, 0.6) is 0 Å². The number of hydrogen-bond acceptors (Lipinski definition) is 4. The average molecular weight is 341 g/mol. The van der Waals surface area contributed by atoms with E-state index in [1.165, 1.54) is 0 Å². The largest absolute Gasteiger partial charge is 0.339 e. The first-order chi connectivity index (χ1) is 12.0. The van der Waals surface area contributed by atoms with Gasteiger partial charge in [0.15, 0.2) is 0 Å². The van der Waals surface area contributed by atoms with Crippen LogP contribution in [0, 0.1) is 5.92 Å². The van der Waals surface area contributed by atoms with E-state index in [1.807, 2.05) is 27.8 Å². The van der Waals surface area contributed by atoms with Crippen molar-refractivity contribution in [3.63, 3.8) is 0 Å². The molecular weight excluding hydrogens is 314 g/mol. The van der Waals surface area contributed by atoms with Gasteiger partial charge in [0.2, 0.25) is 0 Å². The molecule has 0 atom stereocenters. The highest BCUT2D eigenvalue weighted by molar-refractivity contribution is 5.94. The highest BCUT2D eigenvalue weighted by Gasteiger charge is 2.25. The first-order valence-corrected chi connectivity index (χ1v) is 8.98. The molecule has 1 aliphatic heterocycles. The summed E-state index contributed by atoms with van der Waals surface area (Å²) in [6, 6.07) is 4.28. The van der Waals surface area contributed by atoms with E-state index in [1.54, 1.807) is 18.7 Å². The van der Waals surface area contributed by atoms with Gasteiger partial charge in [-0.15, -0.1) is 0 Å². The molecule has 25 heavy (non-hydrogen) atoms. The lowest BCUT2D eigenvalue weighted by Gasteiger charge is -2.35. The molecule has 2 aromatic heterocycles. The molecule has 1 amide bonds. The minimum Gasteiger partial charge on any atom is -0.339 e. The molecule has 0 aromatic carbocycles. The Morgan fingerprint density at radius 3 is 2.64 bits per heavy atom. The Hall–Kier alpha value is -2.21. The molecule has 1 fully saturated rings. The van der Waals surface area contributed by atoms with Gasteiger partial charge in [0.25, 0.3) is 5.91 Å². The standard InChI is InChI=1S/C19H27N5O/c1-15(2)22(3)13-16-6-9-23(10-7-16)19(25)17-4-5-18(21-12-17)24-11-8-20-14-24/h4-5,8,11-12,14-16H,6-7,9-10,13H2,1-3H3. The van der Waals surface area contributed by atoms with Crippen LogP contribution in [0.2, 0.25) is 0 Å². The van der Waals surface area contributed by atoms with Gasteiger partial charge in [0, 0.05) is 44.3 Å². The summed E-state index contributed by atoms with van der Waals surface area (Å²) in [4.78, 5) is 25.4. The molecule has 134 valence electrons. The topological polar surface area (TPSA) is 54.3 Å². The number of rotatable bonds is 5. The van der Waals surface area contributed by atoms with Crippen LogP contribution in [-0.2, 0) is 0 Å². The molecule has 0 unspecified atom stereocenters. The van der Waals surface area contributed by atoms with Crippen molar-refractivity contribution in [1.29, 1.82) is 0 Å². The Bertz CT molecular complexity index is 672. The molecular formula is C19H27N5O. The van der Waals surface area contributed by atoms with Crippen LogP contribution in [0.4, 0.5) is 0 Å². The Kier molecular flexibility index (Phi) is 5.48. The second-order valence-electron chi connectivity index (χ2n) is 7.14. The number of imidazole rings is 1. The summed E-state index contributed by atoms with van der Waals surface area (Å²) in [6.45, 7) is 7.22. The van der Waals surface area contributed by atoms with Crippen LogP contribution >= 0.6 is 0 Å². The fourth-order valence-electron chi connectivity index (χ4n) is 3.18. The SMILES string of the molecule is CC(C)N(C)CC1CCN(C(=O)c2ccc(-n3ccnc3)nc2)CC1. The van der Waals surface area contributed by atoms with E-state index in [4.69, 9.17) is 0 Å². The van der Waals surface area contributed by atoms with Gasteiger partial charge in [0.1, 0.15) is 12.1 Å². The lowest BCUT2D eigenvalue weighted by Crippen LogP contribution is -2.42. The van der Waals surface area contributed by atoms with Crippen molar-refractivity contribution in [3.8, 4) is 5.82 Å². The first kappa shape index (κ1) is 17.6. The van der Waals surface area contributed by atoms with E-state index in [2.05, 4.69) is 35.8 Å². The summed E-state index contributed by atoms with van der Waals surface area (Å²) in [5, 5.41) is 0. The molecule has 3 heterocycles. The monoisotopic (exact) mass is 341 g/mol. The van der Waals surface area contributed by atoms with Gasteiger partial charge in [-0.05, 0) is 51.8 Å². The smallest absolute Gasteiger partial charge is 0.255 e. The molecule has 2 aromatic rings. The molecule has 0 aliphatic carbocycles. The summed E-state index contributed by atoms with van der Waals surface area (Å²) in [7, 11) is 2.18. The van der Waals surface area contributed by atoms with Crippen LogP contribution in [-0.4, -0.2) is 63.0 Å². The van der Waals surface area contributed by atoms with E-state index in [-0.39, 0.29) is 5.91 Å². The summed E-state index contributed by atoms with van der Waals surface area (Å²) in [5.41, 5.74) is 0.654. The van der Waals surface area contributed by atoms with Crippen molar-refractivity contribution in [3.05, 3.63) is 42.6 Å². The zero-order valence-electron chi connectivity index (χ0n) is 15.3. The number of carbonyl (C=O) groups excluding carboxylic acids is 1. The lowest BCUT2D eigenvalue weighted by molar-refractivity contribution is 0.0666. The third kappa shape index (κ3) is 4.25. The number of amides is 1. The quantitative estimate of drug-likeness (QED) is 0.838. The first-order valence-electron chi connectivity index (χ1n) is 8.98. The molecule has 0 N–H and O–H groups in total. The Morgan fingerprint density at radius 2 is 2.08 bits per heavy atom. The van der Waals surface area contributed by atoms with Crippen LogP contribution in [0.15, 0.2) is 37.1 Å². The summed E-state index contributed by atoms with van der Waals surface area (Å²) < 4.78 is 1.82. The molecule has 0 saturated carbocycles. The van der Waals surface area contributed by atoms with E-state index < -0.39 is 0 Å². The summed E-state index contributed by atoms with van der Waals surface area (Å²) in [6.07, 6.45) is 9.05. The molecule has 1 saturated heterocycles. The van der Waals surface area contributed by atoms with Crippen molar-refractivity contribution < 1.29 is 4.79 Å². The van der Waals surface area contributed by atoms with Crippen molar-refractivity contribution in [1.82, 2.24) is 24.3 Å². The van der Waals surface area contributed by atoms with Crippen molar-refractivity contribution in [2.24, 2.45) is 5.92 Å². The van der Waals surface area contributed by atoms with Gasteiger partial charge in [0.05, 0.1) is 5.56 Å². The lowest BCUT2D eigenvalue weighted by atomic mass is 9.95. The van der Waals surface area contributed by atoms with Gasteiger partial charge in [-0.3, -0.25) is 9.36 Å². The van der Waals surface area contributed by atoms with Crippen LogP contribution in [0.1, 0.15) is 37.0 Å². The minimum absolute atomic E-state index is 0.0837. The maximum absolute atomic E-state index is 12.7. The molecule has 6 heteroatoms. The number of hydrogen-bond donors (Lipinski definition) is 0. The molecule has 0 spiro atoms. The van der Waals surface area contributed by atoms with Gasteiger partial charge in [-0.1, -0.05) is 0 Å². The predicted octanol–water partition coefficient (Wildman–Crippen LogP) is 2.46. The van der Waals surface area contributed by atoms with E-state index in [0.29, 0.717) is 17.5 Å². The molecule has 1 aliphatic rings. The molecule has 0 bridgehead atoms. The zero-order valence-corrected chi connectivity index (χ0v) is 15.3. The fourth-order valence-corrected chi connectivity index (χ4v) is 3.18. The Balaban J connectivity index is 1.56. The Labute approximate surface area is 149 Å². The van der Waals surface area contributed by atoms with Crippen molar-refractivity contribution in [2.45, 2.75) is 32.7 Å². The van der Waals surface area contributed by atoms with E-state index in [0.717, 1.165) is 38.3 Å². The highest BCUT2D eigenvalue weighted by Crippen LogP contribution is 2.20. The van der Waals surface area contributed by atoms with Gasteiger partial charge in [-0.25, -0.2) is 9.97 Å². The van der Waals surface area contributed by atoms with Gasteiger partial charge < -0.3 is 9.80 Å². The van der Waals surface area contributed by atoms with Crippen LogP contribution < -0.4 is 0 Å². The third-order valence-electron chi connectivity index (χ3n) is 5.09. The number of carbonyl (C=O) groups is 1. The van der Waals surface area contributed by atoms with Crippen LogP contribution in [0.3, 0.4) is 0 Å². The van der Waals surface area contributed by atoms with Gasteiger partial charge in [-0.2, -0.15) is 0 Å². The summed E-state index contributed by atoms with van der Waals surface area (Å²) >= 11 is 0. The van der Waals surface area contributed by atoms with Gasteiger partial charge >= 0.3 is 0 Å². The van der Waals surface area contributed by atoms with Crippen molar-refractivity contribution >= 4 is 5.91 Å². The highest BCUT2D eigenvalue weighted by atomic mass is 16.2. The second-order valence-corrected chi connectivity index (χ2v) is 7.14. The number of aromatic nitrogens is 3. The summed E-state index contributed by atoms with van der Waals surface area (Å²) in [5.74, 6) is 1.53. The maximum Gasteiger partial charge on any atom is 0.255 e. The number of pyridine rings is 1. The normalized spacial score (nSPS) is 16.0. The zero-order chi connectivity index (χ0) is 17.8.